The number of benzene rings is 2. The van der Waals surface area contributed by atoms with E-state index in [1.54, 1.807) is 24.3 Å². The Bertz CT molecular complexity index is 1360. The van der Waals surface area contributed by atoms with E-state index in [2.05, 4.69) is 0 Å². The Balaban J connectivity index is 1.22. The van der Waals surface area contributed by atoms with Gasteiger partial charge in [-0.1, -0.05) is 0 Å². The third kappa shape index (κ3) is 6.94. The second kappa shape index (κ2) is 16.0. The first kappa shape index (κ1) is 38.5. The van der Waals surface area contributed by atoms with Gasteiger partial charge in [0, 0.05) is 11.8 Å². The first-order valence-electron chi connectivity index (χ1n) is 16.7. The zero-order valence-corrected chi connectivity index (χ0v) is 28.9. The van der Waals surface area contributed by atoms with Crippen molar-refractivity contribution in [2.75, 3.05) is 54.9 Å². The highest BCUT2D eigenvalue weighted by molar-refractivity contribution is 5.56. The van der Waals surface area contributed by atoms with Crippen LogP contribution in [-0.2, 0) is 18.9 Å². The zero-order valence-electron chi connectivity index (χ0n) is 28.9. The Labute approximate surface area is 298 Å². The molecule has 4 aliphatic heterocycles. The van der Waals surface area contributed by atoms with Crippen LogP contribution in [-0.4, -0.2) is 157 Å². The quantitative estimate of drug-likeness (QED) is 0.119. The molecule has 52 heavy (non-hydrogen) atoms. The van der Waals surface area contributed by atoms with Crippen LogP contribution >= 0.6 is 0 Å². The molecule has 4 heterocycles. The molecule has 0 aliphatic carbocycles. The Hall–Kier alpha value is -3.24. The summed E-state index contributed by atoms with van der Waals surface area (Å²) >= 11 is 0. The summed E-state index contributed by atoms with van der Waals surface area (Å²) in [6.45, 7) is -0.604. The van der Waals surface area contributed by atoms with Gasteiger partial charge in [-0.25, -0.2) is 0 Å². The normalized spacial score (nSPS) is 37.3. The van der Waals surface area contributed by atoms with E-state index in [0.29, 0.717) is 24.3 Å². The van der Waals surface area contributed by atoms with Gasteiger partial charge in [-0.15, -0.1) is 0 Å². The van der Waals surface area contributed by atoms with Crippen molar-refractivity contribution in [3.05, 3.63) is 35.4 Å². The van der Waals surface area contributed by atoms with Gasteiger partial charge in [-0.3, -0.25) is 0 Å². The van der Waals surface area contributed by atoms with Crippen LogP contribution in [0.1, 0.15) is 23.3 Å². The topological polar surface area (TPSA) is 254 Å². The maximum atomic E-state index is 10.5. The van der Waals surface area contributed by atoms with E-state index in [1.165, 1.54) is 28.4 Å². The molecule has 0 amide bonds. The number of hydrogen-bond donors (Lipinski definition) is 8. The van der Waals surface area contributed by atoms with E-state index >= 15 is 0 Å². The van der Waals surface area contributed by atoms with Gasteiger partial charge in [-0.2, -0.15) is 0 Å². The molecule has 0 aromatic heterocycles. The number of fused-ring (bicyclic) bond motifs is 1. The van der Waals surface area contributed by atoms with Crippen molar-refractivity contribution in [3.8, 4) is 34.5 Å². The Morgan fingerprint density at radius 2 is 0.846 bits per heavy atom. The van der Waals surface area contributed by atoms with Crippen molar-refractivity contribution in [3.63, 3.8) is 0 Å². The van der Waals surface area contributed by atoms with Gasteiger partial charge in [0.1, 0.15) is 48.8 Å². The minimum absolute atomic E-state index is 0.0541. The van der Waals surface area contributed by atoms with Gasteiger partial charge in [0.05, 0.1) is 67.1 Å². The SMILES string of the molecule is COc1cc([C@H]2OC[C@H]3[C@@H]2CO[C@H]3c2cc(OC)c(O[C@@H]3O[C@H](CO)[C@@H](O)[C@H](O)[C@H]3O)c(OC)c2)cc(OC)c1O[C@@H]1O[C@H](CO)[C@@H](O)[C@H](O)[C@H]1O. The van der Waals surface area contributed by atoms with E-state index in [0.717, 1.165) is 0 Å². The summed E-state index contributed by atoms with van der Waals surface area (Å²) in [4.78, 5) is 0. The number of methoxy groups -OCH3 is 4. The summed E-state index contributed by atoms with van der Waals surface area (Å²) in [6, 6.07) is 6.78. The van der Waals surface area contributed by atoms with Crippen LogP contribution in [0.25, 0.3) is 0 Å². The molecule has 0 saturated carbocycles. The molecule has 18 heteroatoms. The molecule has 0 unspecified atom stereocenters. The number of aliphatic hydroxyl groups excluding tert-OH is 8. The lowest BCUT2D eigenvalue weighted by atomic mass is 9.84. The molecule has 0 bridgehead atoms. The van der Waals surface area contributed by atoms with Gasteiger partial charge in [0.15, 0.2) is 23.0 Å². The minimum Gasteiger partial charge on any atom is -0.493 e. The first-order chi connectivity index (χ1) is 25.0. The molecule has 2 aromatic rings. The number of aliphatic hydroxyl groups is 8. The monoisotopic (exact) mass is 742 g/mol. The largest absolute Gasteiger partial charge is 0.493 e. The molecule has 0 radical (unpaired) electrons. The molecule has 14 atom stereocenters. The highest BCUT2D eigenvalue weighted by Crippen LogP contribution is 2.54. The Kier molecular flexibility index (Phi) is 11.8. The van der Waals surface area contributed by atoms with Crippen molar-refractivity contribution < 1.29 is 88.2 Å². The van der Waals surface area contributed by atoms with Crippen molar-refractivity contribution >= 4 is 0 Å². The highest BCUT2D eigenvalue weighted by atomic mass is 16.7. The van der Waals surface area contributed by atoms with Crippen molar-refractivity contribution in [1.82, 2.24) is 0 Å². The molecule has 4 saturated heterocycles. The fourth-order valence-corrected chi connectivity index (χ4v) is 7.16. The van der Waals surface area contributed by atoms with Crippen LogP contribution in [0, 0.1) is 11.8 Å². The van der Waals surface area contributed by atoms with Crippen LogP contribution in [0.15, 0.2) is 24.3 Å². The molecule has 4 aliphatic rings. The van der Waals surface area contributed by atoms with Crippen molar-refractivity contribution in [2.24, 2.45) is 11.8 Å². The summed E-state index contributed by atoms with van der Waals surface area (Å²) in [7, 11) is 5.66. The fourth-order valence-electron chi connectivity index (χ4n) is 7.16. The van der Waals surface area contributed by atoms with Crippen LogP contribution in [0.3, 0.4) is 0 Å². The van der Waals surface area contributed by atoms with E-state index < -0.39 is 86.8 Å². The van der Waals surface area contributed by atoms with E-state index in [9.17, 15) is 40.9 Å². The van der Waals surface area contributed by atoms with Gasteiger partial charge in [0.2, 0.25) is 24.1 Å². The smallest absolute Gasteiger partial charge is 0.229 e. The second-order valence-corrected chi connectivity index (χ2v) is 13.0. The summed E-state index contributed by atoms with van der Waals surface area (Å²) in [5.41, 5.74) is 1.37. The summed E-state index contributed by atoms with van der Waals surface area (Å²) in [6.07, 6.45) is -15.9. The lowest BCUT2D eigenvalue weighted by Gasteiger charge is -2.39. The van der Waals surface area contributed by atoms with Gasteiger partial charge >= 0.3 is 0 Å². The van der Waals surface area contributed by atoms with Gasteiger partial charge < -0.3 is 88.2 Å². The summed E-state index contributed by atoms with van der Waals surface area (Å²) < 4.78 is 58.0. The van der Waals surface area contributed by atoms with Gasteiger partial charge in [0.25, 0.3) is 0 Å². The van der Waals surface area contributed by atoms with E-state index in [1.807, 2.05) is 0 Å². The number of hydrogen-bond acceptors (Lipinski definition) is 18. The van der Waals surface area contributed by atoms with Crippen LogP contribution in [0.4, 0.5) is 0 Å². The lowest BCUT2D eigenvalue weighted by molar-refractivity contribution is -0.277. The zero-order chi connectivity index (χ0) is 37.4. The minimum atomic E-state index is -1.65. The molecule has 8 N–H and O–H groups in total. The standard InChI is InChI=1S/C34H46O18/c1-43-17-5-13(6-18(44-2)31(17)51-33-27(41)25(39)23(37)21(9-35)49-33)29-15-11-48-30(16(15)12-47-29)14-7-19(45-3)32(20(8-14)46-4)52-34-28(42)26(40)24(38)22(10-36)50-34/h5-8,15-16,21-30,33-42H,9-12H2,1-4H3/t15-,16-,21+,22+,23+,24+,25-,26-,27+,28+,29-,30+,33-,34-/m0/s1. The molecule has 290 valence electrons. The Morgan fingerprint density at radius 3 is 1.13 bits per heavy atom. The molecule has 2 aromatic carbocycles. The maximum Gasteiger partial charge on any atom is 0.229 e. The molecule has 4 fully saturated rings. The Morgan fingerprint density at radius 1 is 0.519 bits per heavy atom. The number of rotatable bonds is 12. The maximum absolute atomic E-state index is 10.5. The average Bonchev–Trinajstić information content (AvgIpc) is 3.78. The third-order valence-corrected chi connectivity index (χ3v) is 10.1. The molecule has 0 spiro atoms. The van der Waals surface area contributed by atoms with E-state index in [-0.39, 0.29) is 46.3 Å². The average molecular weight is 743 g/mol. The molecular weight excluding hydrogens is 696 g/mol. The van der Waals surface area contributed by atoms with E-state index in [4.69, 9.17) is 47.4 Å². The summed E-state index contributed by atoms with van der Waals surface area (Å²) in [5, 5.41) is 81.0. The van der Waals surface area contributed by atoms with Crippen molar-refractivity contribution in [2.45, 2.75) is 73.6 Å². The highest BCUT2D eigenvalue weighted by Gasteiger charge is 2.50. The number of ether oxygens (including phenoxy) is 10. The second-order valence-electron chi connectivity index (χ2n) is 13.0. The fraction of sp³-hybridized carbons (Fsp3) is 0.647. The van der Waals surface area contributed by atoms with Crippen LogP contribution in [0.5, 0.6) is 34.5 Å². The van der Waals surface area contributed by atoms with Crippen LogP contribution < -0.4 is 28.4 Å². The predicted molar refractivity (Wildman–Crippen MR) is 172 cm³/mol. The molecular formula is C34H46O18. The molecule has 18 nitrogen and oxygen atoms in total. The van der Waals surface area contributed by atoms with Crippen LogP contribution in [0.2, 0.25) is 0 Å². The first-order valence-corrected chi connectivity index (χ1v) is 16.7. The third-order valence-electron chi connectivity index (χ3n) is 10.1. The predicted octanol–water partition coefficient (Wildman–Crippen LogP) is -1.85. The molecule has 6 rings (SSSR count). The van der Waals surface area contributed by atoms with Gasteiger partial charge in [-0.05, 0) is 35.4 Å². The van der Waals surface area contributed by atoms with Crippen molar-refractivity contribution in [1.29, 1.82) is 0 Å². The lowest BCUT2D eigenvalue weighted by Crippen LogP contribution is -2.60. The summed E-state index contributed by atoms with van der Waals surface area (Å²) in [5.74, 6) is 0.683.